The summed E-state index contributed by atoms with van der Waals surface area (Å²) >= 11 is 6.04. The summed E-state index contributed by atoms with van der Waals surface area (Å²) in [4.78, 5) is 8.45. The maximum absolute atomic E-state index is 13.6. The highest BCUT2D eigenvalue weighted by molar-refractivity contribution is 6.31. The van der Waals surface area contributed by atoms with Crippen molar-refractivity contribution in [3.05, 3.63) is 46.5 Å². The van der Waals surface area contributed by atoms with Crippen LogP contribution in [0.3, 0.4) is 0 Å². The van der Waals surface area contributed by atoms with Crippen LogP contribution >= 0.6 is 11.6 Å². The molecular weight excluding hydrogens is 297 g/mol. The number of methoxy groups -OCH3 is 2. The number of nitrogens with zero attached hydrogens (tertiary/aromatic N) is 2. The fourth-order valence-corrected chi connectivity index (χ4v) is 2.23. The van der Waals surface area contributed by atoms with E-state index in [-0.39, 0.29) is 10.9 Å². The molecule has 1 aromatic carbocycles. The standard InChI is InChI=1S/C14H15ClFN3O2/c1-17-12(8-5-4-6-9(16)11(8)15)13-14(21-3)19-10(20-2)7-18-13/h4-7,12,17H,1-3H3. The van der Waals surface area contributed by atoms with Crippen LogP contribution in [0.15, 0.2) is 24.4 Å². The number of nitrogens with one attached hydrogen (secondary N) is 1. The molecule has 1 heterocycles. The molecule has 2 rings (SSSR count). The molecule has 0 saturated heterocycles. The van der Waals surface area contributed by atoms with Crippen LogP contribution in [0.25, 0.3) is 0 Å². The van der Waals surface area contributed by atoms with Crippen molar-refractivity contribution < 1.29 is 13.9 Å². The summed E-state index contributed by atoms with van der Waals surface area (Å²) in [6.45, 7) is 0. The molecule has 0 aliphatic rings. The smallest absolute Gasteiger partial charge is 0.240 e. The summed E-state index contributed by atoms with van der Waals surface area (Å²) in [5, 5.41) is 3.08. The third-order valence-electron chi connectivity index (χ3n) is 3.00. The number of halogens is 2. The van der Waals surface area contributed by atoms with Crippen molar-refractivity contribution in [2.24, 2.45) is 0 Å². The zero-order chi connectivity index (χ0) is 15.4. The predicted octanol–water partition coefficient (Wildman–Crippen LogP) is 2.60. The minimum atomic E-state index is -0.491. The van der Waals surface area contributed by atoms with Gasteiger partial charge in [-0.2, -0.15) is 4.98 Å². The van der Waals surface area contributed by atoms with Crippen molar-refractivity contribution in [2.75, 3.05) is 21.3 Å². The molecule has 112 valence electrons. The Morgan fingerprint density at radius 3 is 2.67 bits per heavy atom. The molecule has 2 aromatic rings. The van der Waals surface area contributed by atoms with E-state index in [0.717, 1.165) is 0 Å². The quantitative estimate of drug-likeness (QED) is 0.920. The lowest BCUT2D eigenvalue weighted by Gasteiger charge is -2.19. The maximum atomic E-state index is 13.6. The van der Waals surface area contributed by atoms with E-state index in [1.165, 1.54) is 26.5 Å². The van der Waals surface area contributed by atoms with Crippen molar-refractivity contribution in [3.8, 4) is 11.8 Å². The van der Waals surface area contributed by atoms with Crippen LogP contribution in [0.2, 0.25) is 5.02 Å². The SMILES string of the molecule is CNC(c1cccc(F)c1Cl)c1ncc(OC)nc1OC. The largest absolute Gasteiger partial charge is 0.480 e. The van der Waals surface area contributed by atoms with Gasteiger partial charge in [-0.15, -0.1) is 0 Å². The third kappa shape index (κ3) is 3.06. The second kappa shape index (κ2) is 6.69. The summed E-state index contributed by atoms with van der Waals surface area (Å²) in [7, 11) is 4.69. The van der Waals surface area contributed by atoms with Gasteiger partial charge in [0, 0.05) is 0 Å². The van der Waals surface area contributed by atoms with Gasteiger partial charge in [0.2, 0.25) is 11.8 Å². The van der Waals surface area contributed by atoms with E-state index < -0.39 is 11.9 Å². The Morgan fingerprint density at radius 2 is 2.05 bits per heavy atom. The maximum Gasteiger partial charge on any atom is 0.240 e. The van der Waals surface area contributed by atoms with E-state index in [4.69, 9.17) is 21.1 Å². The van der Waals surface area contributed by atoms with Gasteiger partial charge in [0.1, 0.15) is 11.5 Å². The summed E-state index contributed by atoms with van der Waals surface area (Å²) in [6.07, 6.45) is 1.47. The Balaban J connectivity index is 2.53. The van der Waals surface area contributed by atoms with Gasteiger partial charge in [0.15, 0.2) is 0 Å². The first-order chi connectivity index (χ1) is 10.1. The first-order valence-electron chi connectivity index (χ1n) is 6.18. The topological polar surface area (TPSA) is 56.3 Å². The summed E-state index contributed by atoms with van der Waals surface area (Å²) in [6, 6.07) is 4.15. The highest BCUT2D eigenvalue weighted by Crippen LogP contribution is 2.33. The van der Waals surface area contributed by atoms with Crippen LogP contribution in [0.4, 0.5) is 4.39 Å². The zero-order valence-electron chi connectivity index (χ0n) is 11.9. The molecule has 1 aromatic heterocycles. The van der Waals surface area contributed by atoms with Crippen molar-refractivity contribution in [1.82, 2.24) is 15.3 Å². The lowest BCUT2D eigenvalue weighted by atomic mass is 10.0. The first-order valence-corrected chi connectivity index (χ1v) is 6.56. The molecule has 0 bridgehead atoms. The third-order valence-corrected chi connectivity index (χ3v) is 3.40. The Morgan fingerprint density at radius 1 is 1.29 bits per heavy atom. The fraction of sp³-hybridized carbons (Fsp3) is 0.286. The molecule has 1 N–H and O–H groups in total. The van der Waals surface area contributed by atoms with E-state index in [1.54, 1.807) is 19.2 Å². The van der Waals surface area contributed by atoms with Gasteiger partial charge in [0.25, 0.3) is 0 Å². The van der Waals surface area contributed by atoms with Gasteiger partial charge in [-0.1, -0.05) is 23.7 Å². The number of aromatic nitrogens is 2. The van der Waals surface area contributed by atoms with Crippen molar-refractivity contribution in [2.45, 2.75) is 6.04 Å². The van der Waals surface area contributed by atoms with E-state index in [0.29, 0.717) is 17.1 Å². The van der Waals surface area contributed by atoms with Gasteiger partial charge in [-0.3, -0.25) is 0 Å². The normalized spacial score (nSPS) is 12.0. The minimum Gasteiger partial charge on any atom is -0.480 e. The number of rotatable bonds is 5. The van der Waals surface area contributed by atoms with Crippen LogP contribution in [0, 0.1) is 5.82 Å². The van der Waals surface area contributed by atoms with Crippen LogP contribution in [0.5, 0.6) is 11.8 Å². The van der Waals surface area contributed by atoms with Crippen molar-refractivity contribution in [3.63, 3.8) is 0 Å². The lowest BCUT2D eigenvalue weighted by molar-refractivity contribution is 0.353. The molecule has 7 heteroatoms. The molecule has 1 unspecified atom stereocenters. The second-order valence-corrected chi connectivity index (χ2v) is 4.55. The Labute approximate surface area is 127 Å². The van der Waals surface area contributed by atoms with E-state index in [2.05, 4.69) is 15.3 Å². The van der Waals surface area contributed by atoms with Crippen LogP contribution < -0.4 is 14.8 Å². The van der Waals surface area contributed by atoms with Crippen LogP contribution in [-0.2, 0) is 0 Å². The number of benzene rings is 1. The zero-order valence-corrected chi connectivity index (χ0v) is 12.6. The van der Waals surface area contributed by atoms with E-state index in [9.17, 15) is 4.39 Å². The van der Waals surface area contributed by atoms with Gasteiger partial charge in [-0.05, 0) is 18.7 Å². The molecule has 0 fully saturated rings. The molecular formula is C14H15ClFN3O2. The Hall–Kier alpha value is -1.92. The minimum absolute atomic E-state index is 0.0384. The highest BCUT2D eigenvalue weighted by Gasteiger charge is 2.23. The fourth-order valence-electron chi connectivity index (χ4n) is 2.00. The molecule has 0 amide bonds. The Kier molecular flexibility index (Phi) is 4.93. The monoisotopic (exact) mass is 311 g/mol. The van der Waals surface area contributed by atoms with Gasteiger partial charge >= 0.3 is 0 Å². The van der Waals surface area contributed by atoms with Crippen molar-refractivity contribution >= 4 is 11.6 Å². The van der Waals surface area contributed by atoms with Crippen LogP contribution in [-0.4, -0.2) is 31.2 Å². The average Bonchev–Trinajstić information content (AvgIpc) is 2.52. The number of hydrogen-bond acceptors (Lipinski definition) is 5. The van der Waals surface area contributed by atoms with E-state index in [1.807, 2.05) is 0 Å². The predicted molar refractivity (Wildman–Crippen MR) is 77.4 cm³/mol. The number of ether oxygens (including phenoxy) is 2. The molecule has 0 spiro atoms. The summed E-state index contributed by atoms with van der Waals surface area (Å²) in [5.74, 6) is 0.125. The second-order valence-electron chi connectivity index (χ2n) is 4.17. The van der Waals surface area contributed by atoms with Crippen LogP contribution in [0.1, 0.15) is 17.3 Å². The molecule has 21 heavy (non-hydrogen) atoms. The van der Waals surface area contributed by atoms with Gasteiger partial charge in [0.05, 0.1) is 31.5 Å². The highest BCUT2D eigenvalue weighted by atomic mass is 35.5. The number of hydrogen-bond donors (Lipinski definition) is 1. The molecule has 5 nitrogen and oxygen atoms in total. The molecule has 1 atom stereocenters. The summed E-state index contributed by atoms with van der Waals surface area (Å²) in [5.41, 5.74) is 1.05. The van der Waals surface area contributed by atoms with Crippen molar-refractivity contribution in [1.29, 1.82) is 0 Å². The Bertz CT molecular complexity index is 640. The molecule has 0 aliphatic carbocycles. The average molecular weight is 312 g/mol. The molecule has 0 saturated carbocycles. The lowest BCUT2D eigenvalue weighted by Crippen LogP contribution is -2.21. The van der Waals surface area contributed by atoms with Gasteiger partial charge in [-0.25, -0.2) is 9.37 Å². The first kappa shape index (κ1) is 15.5. The molecule has 0 aliphatic heterocycles. The van der Waals surface area contributed by atoms with Gasteiger partial charge < -0.3 is 14.8 Å². The molecule has 0 radical (unpaired) electrons. The van der Waals surface area contributed by atoms with E-state index >= 15 is 0 Å². The summed E-state index contributed by atoms with van der Waals surface area (Å²) < 4.78 is 23.9.